The molecule has 0 fully saturated rings. The smallest absolute Gasteiger partial charge is 0.338 e. The Morgan fingerprint density at radius 1 is 0.756 bits per heavy atom. The van der Waals surface area contributed by atoms with Gasteiger partial charge in [-0.25, -0.2) is 4.79 Å². The molecule has 0 atom stereocenters. The van der Waals surface area contributed by atoms with Crippen molar-refractivity contribution in [3.63, 3.8) is 0 Å². The van der Waals surface area contributed by atoms with E-state index in [1.807, 2.05) is 6.07 Å². The van der Waals surface area contributed by atoms with Crippen molar-refractivity contribution in [3.8, 4) is 5.75 Å². The average molecular weight is 677 g/mol. The van der Waals surface area contributed by atoms with Crippen molar-refractivity contribution in [2.45, 2.75) is 27.3 Å². The van der Waals surface area contributed by atoms with Crippen molar-refractivity contribution < 1.29 is 14.6 Å². The second kappa shape index (κ2) is 26.1. The van der Waals surface area contributed by atoms with Gasteiger partial charge in [0.1, 0.15) is 11.6 Å². The average Bonchev–Trinajstić information content (AvgIpc) is 2.86. The number of benzene rings is 3. The SMILES string of the molecule is CCN(CC)Cc1cc(N)ccc1O.CCOC(=O)c1ccc(N)cc1.Cl.Cl.Cl.Cl.Cl.N=C(N)c1ccc(N)cc1. The van der Waals surface area contributed by atoms with Crippen molar-refractivity contribution in [1.82, 2.24) is 4.90 Å². The Bertz CT molecular complexity index is 1100. The molecule has 0 amide bonds. The van der Waals surface area contributed by atoms with Crippen LogP contribution >= 0.6 is 62.0 Å². The second-order valence-corrected chi connectivity index (χ2v) is 7.73. The molecule has 3 aromatic carbocycles. The van der Waals surface area contributed by atoms with Crippen LogP contribution in [0.2, 0.25) is 0 Å². The molecule has 10 N–H and O–H groups in total. The van der Waals surface area contributed by atoms with Gasteiger partial charge in [0.2, 0.25) is 0 Å². The number of nitrogens with zero attached hydrogens (tertiary/aromatic N) is 1. The lowest BCUT2D eigenvalue weighted by Crippen LogP contribution is -2.22. The van der Waals surface area contributed by atoms with E-state index in [4.69, 9.17) is 33.1 Å². The standard InChI is InChI=1S/C11H18N2O.C9H11NO2.C7H9N3.5ClH/c1-3-13(4-2)8-9-7-10(12)5-6-11(9)14;1-2-12-9(11)7-3-5-8(10)6-4-7;8-6-3-1-5(2-4-6)7(9)10;;;;;/h5-7,14H,3-4,8,12H2,1-2H3;3-6H,2,10H2,1H3;1-4H,8H2,(H3,9,10);5*1H. The number of nitrogens with one attached hydrogen (secondary N) is 1. The van der Waals surface area contributed by atoms with Crippen LogP contribution in [-0.4, -0.2) is 41.5 Å². The molecule has 41 heavy (non-hydrogen) atoms. The van der Waals surface area contributed by atoms with Gasteiger partial charge in [0.15, 0.2) is 0 Å². The Hall–Kier alpha value is -2.79. The van der Waals surface area contributed by atoms with Gasteiger partial charge in [0.25, 0.3) is 0 Å². The number of carbonyl (C=O) groups excluding carboxylic acids is 1. The van der Waals surface area contributed by atoms with Gasteiger partial charge in [-0.1, -0.05) is 13.8 Å². The molecule has 0 saturated carbocycles. The highest BCUT2D eigenvalue weighted by Crippen LogP contribution is 2.21. The number of halogens is 5. The summed E-state index contributed by atoms with van der Waals surface area (Å²) in [7, 11) is 0. The number of amidine groups is 1. The quantitative estimate of drug-likeness (QED) is 0.0587. The molecule has 0 saturated heterocycles. The Morgan fingerprint density at radius 2 is 1.17 bits per heavy atom. The van der Waals surface area contributed by atoms with Crippen molar-refractivity contribution in [2.75, 3.05) is 36.9 Å². The first kappa shape index (κ1) is 48.0. The molecule has 3 aromatic rings. The number of rotatable bonds is 7. The van der Waals surface area contributed by atoms with Crippen LogP contribution in [-0.2, 0) is 11.3 Å². The van der Waals surface area contributed by atoms with Gasteiger partial charge in [-0.05, 0) is 86.7 Å². The maximum Gasteiger partial charge on any atom is 0.338 e. The van der Waals surface area contributed by atoms with Crippen LogP contribution in [0, 0.1) is 5.41 Å². The molecule has 0 aliphatic rings. The third-order valence-corrected chi connectivity index (χ3v) is 5.04. The number of hydrogen-bond acceptors (Lipinski definition) is 8. The van der Waals surface area contributed by atoms with E-state index in [0.29, 0.717) is 40.5 Å². The van der Waals surface area contributed by atoms with Crippen LogP contribution in [0.5, 0.6) is 5.75 Å². The lowest BCUT2D eigenvalue weighted by molar-refractivity contribution is 0.0526. The van der Waals surface area contributed by atoms with Gasteiger partial charge in [0.05, 0.1) is 12.2 Å². The van der Waals surface area contributed by atoms with Crippen LogP contribution in [0.1, 0.15) is 42.3 Å². The monoisotopic (exact) mass is 674 g/mol. The van der Waals surface area contributed by atoms with Crippen molar-refractivity contribution >= 4 is 90.9 Å². The zero-order valence-corrected chi connectivity index (χ0v) is 27.3. The molecule has 234 valence electrons. The van der Waals surface area contributed by atoms with Crippen molar-refractivity contribution in [3.05, 3.63) is 83.4 Å². The predicted molar refractivity (Wildman–Crippen MR) is 184 cm³/mol. The number of ether oxygens (including phenoxy) is 1. The van der Waals surface area contributed by atoms with E-state index in [0.717, 1.165) is 25.2 Å². The summed E-state index contributed by atoms with van der Waals surface area (Å²) in [4.78, 5) is 13.3. The maximum absolute atomic E-state index is 11.1. The molecular weight excluding hydrogens is 634 g/mol. The first-order valence-electron chi connectivity index (χ1n) is 11.6. The van der Waals surface area contributed by atoms with Crippen molar-refractivity contribution in [1.29, 1.82) is 5.41 Å². The summed E-state index contributed by atoms with van der Waals surface area (Å²) in [6.45, 7) is 9.08. The highest BCUT2D eigenvalue weighted by Gasteiger charge is 2.06. The molecule has 0 bridgehead atoms. The molecule has 0 heterocycles. The summed E-state index contributed by atoms with van der Waals surface area (Å²) in [5.41, 5.74) is 25.9. The predicted octanol–water partition coefficient (Wildman–Crippen LogP) is 5.92. The van der Waals surface area contributed by atoms with Crippen molar-refractivity contribution in [2.24, 2.45) is 5.73 Å². The molecule has 0 aliphatic heterocycles. The number of phenolic OH excluding ortho intramolecular Hbond substituents is 1. The first-order valence-corrected chi connectivity index (χ1v) is 11.6. The van der Waals surface area contributed by atoms with Gasteiger partial charge in [-0.2, -0.15) is 0 Å². The molecule has 9 nitrogen and oxygen atoms in total. The van der Waals surface area contributed by atoms with Gasteiger partial charge in [-0.3, -0.25) is 10.3 Å². The number of esters is 1. The van der Waals surface area contributed by atoms with Crippen LogP contribution in [0.3, 0.4) is 0 Å². The minimum absolute atomic E-state index is 0. The first-order chi connectivity index (χ1) is 17.1. The fourth-order valence-corrected chi connectivity index (χ4v) is 2.92. The summed E-state index contributed by atoms with van der Waals surface area (Å²) in [6.07, 6.45) is 0. The van der Waals surface area contributed by atoms with E-state index in [9.17, 15) is 9.90 Å². The van der Waals surface area contributed by atoms with Crippen LogP contribution < -0.4 is 22.9 Å². The maximum atomic E-state index is 11.1. The van der Waals surface area contributed by atoms with E-state index in [-0.39, 0.29) is 73.8 Å². The van der Waals surface area contributed by atoms with E-state index in [1.165, 1.54) is 0 Å². The summed E-state index contributed by atoms with van der Waals surface area (Å²) in [5, 5.41) is 16.6. The van der Waals surface area contributed by atoms with E-state index in [2.05, 4.69) is 18.7 Å². The number of phenols is 1. The van der Waals surface area contributed by atoms with Crippen LogP contribution in [0.25, 0.3) is 0 Å². The molecule has 14 heteroatoms. The van der Waals surface area contributed by atoms with E-state index in [1.54, 1.807) is 67.6 Å². The Morgan fingerprint density at radius 3 is 1.56 bits per heavy atom. The lowest BCUT2D eigenvalue weighted by atomic mass is 10.1. The zero-order chi connectivity index (χ0) is 27.1. The van der Waals surface area contributed by atoms with Gasteiger partial charge in [0, 0.05) is 34.7 Å². The molecule has 0 unspecified atom stereocenters. The normalized spacial score (nSPS) is 8.68. The highest BCUT2D eigenvalue weighted by atomic mass is 35.5. The molecule has 0 spiro atoms. The zero-order valence-electron chi connectivity index (χ0n) is 23.2. The largest absolute Gasteiger partial charge is 0.508 e. The Labute approximate surface area is 273 Å². The number of anilines is 3. The van der Waals surface area contributed by atoms with E-state index < -0.39 is 0 Å². The fourth-order valence-electron chi connectivity index (χ4n) is 2.92. The summed E-state index contributed by atoms with van der Waals surface area (Å²) < 4.78 is 4.79. The highest BCUT2D eigenvalue weighted by molar-refractivity contribution is 5.95. The summed E-state index contributed by atoms with van der Waals surface area (Å²) >= 11 is 0. The minimum atomic E-state index is -0.308. The number of nitrogens with two attached hydrogens (primary N) is 4. The third kappa shape index (κ3) is 19.0. The van der Waals surface area contributed by atoms with Gasteiger partial charge >= 0.3 is 5.97 Å². The molecular formula is C27H43Cl5N6O3. The minimum Gasteiger partial charge on any atom is -0.508 e. The van der Waals surface area contributed by atoms with Gasteiger partial charge < -0.3 is 32.8 Å². The molecule has 0 aromatic heterocycles. The number of nitrogen functional groups attached to an aromatic ring is 4. The van der Waals surface area contributed by atoms with Gasteiger partial charge in [-0.15, -0.1) is 62.0 Å². The number of carbonyl (C=O) groups is 1. The number of aromatic hydroxyl groups is 1. The summed E-state index contributed by atoms with van der Waals surface area (Å²) in [5.74, 6) is 0.0867. The van der Waals surface area contributed by atoms with E-state index >= 15 is 0 Å². The molecule has 0 radical (unpaired) electrons. The Kier molecular flexibility index (Phi) is 30.6. The summed E-state index contributed by atoms with van der Waals surface area (Å²) in [6, 6.07) is 18.7. The molecule has 3 rings (SSSR count). The third-order valence-electron chi connectivity index (χ3n) is 5.04. The lowest BCUT2D eigenvalue weighted by Gasteiger charge is -2.18. The topological polar surface area (TPSA) is 178 Å². The fraction of sp³-hybridized carbons (Fsp3) is 0.259. The van der Waals surface area contributed by atoms with Crippen LogP contribution in [0.15, 0.2) is 66.7 Å². The second-order valence-electron chi connectivity index (χ2n) is 7.73. The molecule has 0 aliphatic carbocycles. The van der Waals surface area contributed by atoms with Crippen LogP contribution in [0.4, 0.5) is 17.1 Å². The number of hydrogen-bond donors (Lipinski definition) is 6. The Balaban J connectivity index is -0.000000151.